The lowest BCUT2D eigenvalue weighted by Gasteiger charge is -2.23. The van der Waals surface area contributed by atoms with Crippen molar-refractivity contribution in [3.63, 3.8) is 0 Å². The molecule has 3 heterocycles. The monoisotopic (exact) mass is 681 g/mol. The number of carbonyl (C=O) groups is 3. The Morgan fingerprint density at radius 1 is 0.977 bits per heavy atom. The van der Waals surface area contributed by atoms with Gasteiger partial charge in [0.25, 0.3) is 0 Å². The van der Waals surface area contributed by atoms with Crippen LogP contribution in [0.1, 0.15) is 37.5 Å². The quantitative estimate of drug-likeness (QED) is 0.0736. The fourth-order valence-electron chi connectivity index (χ4n) is 3.59. The lowest BCUT2D eigenvalue weighted by Crippen LogP contribution is -2.42. The highest BCUT2D eigenvalue weighted by Crippen LogP contribution is 2.66. The van der Waals surface area contributed by atoms with Crippen LogP contribution in [-0.2, 0) is 55.4 Å². The Balaban J connectivity index is 1.99. The lowest BCUT2D eigenvalue weighted by atomic mass is 10.1. The van der Waals surface area contributed by atoms with Crippen molar-refractivity contribution < 1.29 is 85.0 Å². The molecule has 1 aliphatic heterocycles. The molecule has 1 fully saturated rings. The molecule has 6 atom stereocenters. The van der Waals surface area contributed by atoms with Crippen LogP contribution in [0.25, 0.3) is 11.0 Å². The largest absolute Gasteiger partial charge is 0.490 e. The van der Waals surface area contributed by atoms with E-state index in [-0.39, 0.29) is 11.5 Å². The Kier molecular flexibility index (Phi) is 10.3. The smallest absolute Gasteiger partial charge is 0.461 e. The molecule has 0 radical (unpaired) electrons. The predicted octanol–water partition coefficient (Wildman–Crippen LogP) is -1.49. The van der Waals surface area contributed by atoms with Crippen LogP contribution >= 0.6 is 23.5 Å². The summed E-state index contributed by atoms with van der Waals surface area (Å²) in [5.74, 6) is -3.12. The number of esters is 3. The van der Waals surface area contributed by atoms with Gasteiger partial charge in [0, 0.05) is 13.8 Å². The zero-order valence-corrected chi connectivity index (χ0v) is 24.4. The third-order valence-corrected chi connectivity index (χ3v) is 8.71. The SMILES string of the molecule is CCOC(=O)c1nn(O)c2c(=O)n(C3OC(COP(=O)(O)OP(=O)(O)OP(=O)(O)O)C(OC(C)=O)C3OC(C)=O)nnc12. The second kappa shape index (κ2) is 12.8. The van der Waals surface area contributed by atoms with Crippen molar-refractivity contribution >= 4 is 52.4 Å². The van der Waals surface area contributed by atoms with E-state index in [2.05, 4.69) is 28.6 Å². The number of phosphoric acid groups is 3. The second-order valence-electron chi connectivity index (χ2n) is 8.09. The first kappa shape index (κ1) is 34.4. The van der Waals surface area contributed by atoms with Crippen LogP contribution in [0.15, 0.2) is 4.79 Å². The molecule has 2 aromatic rings. The molecule has 0 aromatic carbocycles. The maximum Gasteiger partial charge on any atom is 0.490 e. The van der Waals surface area contributed by atoms with E-state index >= 15 is 0 Å². The number of ether oxygens (including phenoxy) is 4. The summed E-state index contributed by atoms with van der Waals surface area (Å²) in [5, 5.41) is 20.9. The average molecular weight is 681 g/mol. The van der Waals surface area contributed by atoms with Crippen LogP contribution in [0, 0.1) is 0 Å². The van der Waals surface area contributed by atoms with Crippen LogP contribution in [0.4, 0.5) is 0 Å². The van der Waals surface area contributed by atoms with Crippen LogP contribution in [0.3, 0.4) is 0 Å². The maximum absolute atomic E-state index is 13.3. The molecule has 240 valence electrons. The summed E-state index contributed by atoms with van der Waals surface area (Å²) in [6.45, 7) is 1.99. The third kappa shape index (κ3) is 8.49. The van der Waals surface area contributed by atoms with Gasteiger partial charge in [-0.25, -0.2) is 18.5 Å². The first-order valence-corrected chi connectivity index (χ1v) is 15.8. The Morgan fingerprint density at radius 3 is 2.14 bits per heavy atom. The molecule has 0 spiro atoms. The molecular formula is C16H22N5O19P3. The second-order valence-corrected chi connectivity index (χ2v) is 12.5. The fraction of sp³-hybridized carbons (Fsp3) is 0.562. The van der Waals surface area contributed by atoms with Crippen molar-refractivity contribution in [3.8, 4) is 0 Å². The van der Waals surface area contributed by atoms with Gasteiger partial charge in [0.1, 0.15) is 6.10 Å². The minimum Gasteiger partial charge on any atom is -0.461 e. The normalized spacial score (nSPS) is 23.3. The molecule has 0 saturated carbocycles. The lowest BCUT2D eigenvalue weighted by molar-refractivity contribution is -0.166. The summed E-state index contributed by atoms with van der Waals surface area (Å²) in [7, 11) is -17.3. The number of phosphoric ester groups is 1. The van der Waals surface area contributed by atoms with E-state index in [0.29, 0.717) is 4.68 Å². The van der Waals surface area contributed by atoms with Crippen LogP contribution < -0.4 is 5.56 Å². The Labute approximate surface area is 237 Å². The van der Waals surface area contributed by atoms with Crippen molar-refractivity contribution in [1.29, 1.82) is 0 Å². The van der Waals surface area contributed by atoms with E-state index in [1.807, 2.05) is 0 Å². The molecule has 43 heavy (non-hydrogen) atoms. The van der Waals surface area contributed by atoms with Gasteiger partial charge in [0.15, 0.2) is 29.5 Å². The highest BCUT2D eigenvalue weighted by atomic mass is 31.3. The number of aromatic nitrogens is 5. The summed E-state index contributed by atoms with van der Waals surface area (Å²) in [5.41, 5.74) is -3.09. The zero-order valence-electron chi connectivity index (χ0n) is 21.8. The Morgan fingerprint density at radius 2 is 1.58 bits per heavy atom. The molecule has 5 N–H and O–H groups in total. The van der Waals surface area contributed by atoms with E-state index in [4.69, 9.17) is 28.7 Å². The Hall–Kier alpha value is -3.14. The minimum atomic E-state index is -5.90. The highest BCUT2D eigenvalue weighted by molar-refractivity contribution is 7.66. The van der Waals surface area contributed by atoms with Gasteiger partial charge in [-0.15, -0.1) is 10.2 Å². The van der Waals surface area contributed by atoms with Crippen molar-refractivity contribution in [1.82, 2.24) is 24.9 Å². The minimum absolute atomic E-state index is 0.0126. The molecule has 1 aliphatic rings. The summed E-state index contributed by atoms with van der Waals surface area (Å²) < 4.78 is 67.3. The van der Waals surface area contributed by atoms with E-state index in [9.17, 15) is 47.9 Å². The van der Waals surface area contributed by atoms with E-state index < -0.39 is 94.8 Å². The van der Waals surface area contributed by atoms with Gasteiger partial charge in [0.05, 0.1) is 13.2 Å². The number of nitrogens with zero attached hydrogens (tertiary/aromatic N) is 5. The van der Waals surface area contributed by atoms with Gasteiger partial charge in [-0.3, -0.25) is 18.9 Å². The summed E-state index contributed by atoms with van der Waals surface area (Å²) in [6, 6.07) is 0. The van der Waals surface area contributed by atoms with E-state index in [1.54, 1.807) is 0 Å². The van der Waals surface area contributed by atoms with Crippen molar-refractivity contribution in [3.05, 3.63) is 16.0 Å². The molecule has 0 aliphatic carbocycles. The topological polar surface area (TPSA) is 334 Å². The van der Waals surface area contributed by atoms with Crippen molar-refractivity contribution in [2.45, 2.75) is 45.3 Å². The van der Waals surface area contributed by atoms with Crippen LogP contribution in [0.2, 0.25) is 0 Å². The first-order valence-electron chi connectivity index (χ1n) is 11.3. The van der Waals surface area contributed by atoms with E-state index in [0.717, 1.165) is 13.8 Å². The fourth-order valence-corrected chi connectivity index (χ4v) is 6.62. The molecule has 1 saturated heterocycles. The summed E-state index contributed by atoms with van der Waals surface area (Å²) in [6.07, 6.45) is -7.17. The van der Waals surface area contributed by atoms with Gasteiger partial charge in [-0.2, -0.15) is 13.3 Å². The van der Waals surface area contributed by atoms with Gasteiger partial charge in [-0.1, -0.05) is 10.1 Å². The van der Waals surface area contributed by atoms with Gasteiger partial charge in [0.2, 0.25) is 5.69 Å². The van der Waals surface area contributed by atoms with Gasteiger partial charge < -0.3 is 43.7 Å². The number of rotatable bonds is 12. The number of carbonyl (C=O) groups excluding carboxylic acids is 3. The number of hydrogen-bond acceptors (Lipinski definition) is 18. The summed E-state index contributed by atoms with van der Waals surface area (Å²) in [4.78, 5) is 85.5. The van der Waals surface area contributed by atoms with Crippen LogP contribution in [0.5, 0.6) is 0 Å². The molecular weight excluding hydrogens is 659 g/mol. The van der Waals surface area contributed by atoms with Gasteiger partial charge >= 0.3 is 46.9 Å². The average Bonchev–Trinajstić information content (AvgIpc) is 3.33. The van der Waals surface area contributed by atoms with Gasteiger partial charge in [-0.05, 0) is 6.92 Å². The summed E-state index contributed by atoms with van der Waals surface area (Å²) >= 11 is 0. The third-order valence-electron chi connectivity index (χ3n) is 4.91. The van der Waals surface area contributed by atoms with Crippen molar-refractivity contribution in [2.75, 3.05) is 13.2 Å². The van der Waals surface area contributed by atoms with E-state index in [1.165, 1.54) is 6.92 Å². The molecule has 3 rings (SSSR count). The Bertz CT molecular complexity index is 1620. The molecule has 0 amide bonds. The standard InChI is InChI=1S/C16H22N5O19P3/c1-4-34-16(25)10-9-11(21(26)18-10)14(24)20(19-17-9)15-13(37-7(3)23)12(36-6(2)22)8(38-15)5-35-42(30,31)40-43(32,33)39-41(27,28)29/h8,12-13,15,26H,4-5H2,1-3H3,(H,30,31)(H,32,33)(H2,27,28,29). The number of fused-ring (bicyclic) bond motifs is 1. The molecule has 6 unspecified atom stereocenters. The zero-order chi connectivity index (χ0) is 32.5. The molecule has 2 aromatic heterocycles. The van der Waals surface area contributed by atoms with Crippen LogP contribution in [-0.4, -0.2) is 99.2 Å². The highest BCUT2D eigenvalue weighted by Gasteiger charge is 2.52. The molecule has 27 heteroatoms. The molecule has 24 nitrogen and oxygen atoms in total. The predicted molar refractivity (Wildman–Crippen MR) is 128 cm³/mol. The number of hydrogen-bond donors (Lipinski definition) is 5. The van der Waals surface area contributed by atoms with Crippen molar-refractivity contribution in [2.24, 2.45) is 0 Å². The first-order chi connectivity index (χ1) is 19.7. The maximum atomic E-state index is 13.3. The molecule has 0 bridgehead atoms.